The van der Waals surface area contributed by atoms with Gasteiger partial charge in [0.2, 0.25) is 0 Å². The van der Waals surface area contributed by atoms with E-state index in [1.807, 2.05) is 0 Å². The van der Waals surface area contributed by atoms with Crippen molar-refractivity contribution in [3.8, 4) is 11.3 Å². The number of aromatic nitrogens is 2. The van der Waals surface area contributed by atoms with Crippen molar-refractivity contribution in [2.24, 2.45) is 0 Å². The molecule has 1 N–H and O–H groups in total. The molecule has 1 aliphatic heterocycles. The van der Waals surface area contributed by atoms with Crippen molar-refractivity contribution >= 4 is 5.91 Å². The molecule has 1 saturated heterocycles. The topological polar surface area (TPSA) is 88.7 Å². The first kappa shape index (κ1) is 14.7. The summed E-state index contributed by atoms with van der Waals surface area (Å²) in [6, 6.07) is 4.91. The number of nitrogens with zero attached hydrogens (tertiary/aromatic N) is 3. The van der Waals surface area contributed by atoms with E-state index >= 15 is 0 Å². The zero-order valence-electron chi connectivity index (χ0n) is 12.2. The number of aliphatic hydroxyl groups excluding tert-OH is 1. The second-order valence-corrected chi connectivity index (χ2v) is 5.20. The molecule has 22 heavy (non-hydrogen) atoms. The lowest BCUT2D eigenvalue weighted by Gasteiger charge is -2.21. The van der Waals surface area contributed by atoms with Crippen molar-refractivity contribution in [1.29, 1.82) is 0 Å². The highest BCUT2D eigenvalue weighted by atomic mass is 16.5. The Bertz CT molecular complexity index is 643. The van der Waals surface area contributed by atoms with Gasteiger partial charge in [-0.25, -0.2) is 0 Å². The van der Waals surface area contributed by atoms with Gasteiger partial charge in [0.1, 0.15) is 0 Å². The SMILES string of the molecule is CO[C@@H]1C[C@@H](CO)N(C(=O)c2cc(-c3ccncc3)on2)C1. The molecule has 0 aromatic carbocycles. The molecule has 1 amide bonds. The summed E-state index contributed by atoms with van der Waals surface area (Å²) in [5.41, 5.74) is 1.03. The summed E-state index contributed by atoms with van der Waals surface area (Å²) in [5.74, 6) is 0.247. The van der Waals surface area contributed by atoms with Crippen molar-refractivity contribution in [2.45, 2.75) is 18.6 Å². The van der Waals surface area contributed by atoms with E-state index < -0.39 is 0 Å². The Kier molecular flexibility index (Phi) is 4.17. The van der Waals surface area contributed by atoms with Gasteiger partial charge in [-0.05, 0) is 18.6 Å². The van der Waals surface area contributed by atoms with Gasteiger partial charge >= 0.3 is 0 Å². The zero-order valence-corrected chi connectivity index (χ0v) is 12.2. The predicted molar refractivity (Wildman–Crippen MR) is 77.1 cm³/mol. The lowest BCUT2D eigenvalue weighted by molar-refractivity contribution is 0.0638. The van der Waals surface area contributed by atoms with Crippen LogP contribution in [0.5, 0.6) is 0 Å². The first-order valence-corrected chi connectivity index (χ1v) is 7.04. The van der Waals surface area contributed by atoms with Gasteiger partial charge in [0.15, 0.2) is 11.5 Å². The average molecular weight is 303 g/mol. The fraction of sp³-hybridized carbons (Fsp3) is 0.400. The van der Waals surface area contributed by atoms with Crippen LogP contribution >= 0.6 is 0 Å². The molecule has 0 unspecified atom stereocenters. The number of rotatable bonds is 4. The normalized spacial score (nSPS) is 21.3. The van der Waals surface area contributed by atoms with E-state index in [1.54, 1.807) is 42.6 Å². The van der Waals surface area contributed by atoms with Crippen LogP contribution in [0.1, 0.15) is 16.9 Å². The van der Waals surface area contributed by atoms with E-state index in [0.29, 0.717) is 18.7 Å². The number of hydrogen-bond donors (Lipinski definition) is 1. The summed E-state index contributed by atoms with van der Waals surface area (Å²) in [4.78, 5) is 18.1. The fourth-order valence-corrected chi connectivity index (χ4v) is 2.64. The van der Waals surface area contributed by atoms with Crippen LogP contribution in [0.15, 0.2) is 35.1 Å². The number of carbonyl (C=O) groups is 1. The first-order valence-electron chi connectivity index (χ1n) is 7.04. The van der Waals surface area contributed by atoms with Crippen molar-refractivity contribution in [3.05, 3.63) is 36.3 Å². The third kappa shape index (κ3) is 2.72. The quantitative estimate of drug-likeness (QED) is 0.905. The highest BCUT2D eigenvalue weighted by molar-refractivity contribution is 5.93. The number of amides is 1. The van der Waals surface area contributed by atoms with E-state index in [2.05, 4.69) is 10.1 Å². The summed E-state index contributed by atoms with van der Waals surface area (Å²) in [7, 11) is 1.60. The van der Waals surface area contributed by atoms with Gasteiger partial charge in [-0.2, -0.15) is 0 Å². The molecule has 3 heterocycles. The summed E-state index contributed by atoms with van der Waals surface area (Å²) >= 11 is 0. The van der Waals surface area contributed by atoms with Crippen molar-refractivity contribution in [2.75, 3.05) is 20.3 Å². The van der Waals surface area contributed by atoms with Crippen molar-refractivity contribution in [3.63, 3.8) is 0 Å². The smallest absolute Gasteiger partial charge is 0.276 e. The maximum absolute atomic E-state index is 12.5. The summed E-state index contributed by atoms with van der Waals surface area (Å²) in [6.45, 7) is 0.346. The third-order valence-electron chi connectivity index (χ3n) is 3.88. The molecule has 2 aromatic rings. The summed E-state index contributed by atoms with van der Waals surface area (Å²) in [5, 5.41) is 13.3. The van der Waals surface area contributed by atoms with E-state index in [0.717, 1.165) is 5.56 Å². The molecular formula is C15H17N3O4. The molecular weight excluding hydrogens is 286 g/mol. The second kappa shape index (κ2) is 6.25. The fourth-order valence-electron chi connectivity index (χ4n) is 2.64. The molecule has 0 radical (unpaired) electrons. The average Bonchev–Trinajstić information content (AvgIpc) is 3.22. The van der Waals surface area contributed by atoms with Crippen molar-refractivity contribution < 1.29 is 19.2 Å². The lowest BCUT2D eigenvalue weighted by Crippen LogP contribution is -2.38. The highest BCUT2D eigenvalue weighted by Gasteiger charge is 2.36. The molecule has 0 aliphatic carbocycles. The number of methoxy groups -OCH3 is 1. The molecule has 7 nitrogen and oxygen atoms in total. The molecule has 0 spiro atoms. The van der Waals surface area contributed by atoms with Gasteiger partial charge in [-0.1, -0.05) is 5.16 Å². The molecule has 116 valence electrons. The summed E-state index contributed by atoms with van der Waals surface area (Å²) < 4.78 is 10.5. The number of ether oxygens (including phenoxy) is 1. The second-order valence-electron chi connectivity index (χ2n) is 5.20. The van der Waals surface area contributed by atoms with E-state index in [-0.39, 0.29) is 30.4 Å². The van der Waals surface area contributed by atoms with Crippen LogP contribution in [0.2, 0.25) is 0 Å². The molecule has 2 atom stereocenters. The minimum absolute atomic E-state index is 0.0623. The molecule has 3 rings (SSSR count). The minimum atomic E-state index is -0.261. The number of likely N-dealkylation sites (tertiary alicyclic amines) is 1. The number of pyridine rings is 1. The predicted octanol–water partition coefficient (Wildman–Crippen LogP) is 0.958. The molecule has 0 saturated carbocycles. The van der Waals surface area contributed by atoms with Crippen LogP contribution < -0.4 is 0 Å². The Morgan fingerprint density at radius 1 is 1.50 bits per heavy atom. The van der Waals surface area contributed by atoms with E-state index in [4.69, 9.17) is 9.26 Å². The van der Waals surface area contributed by atoms with Crippen LogP contribution in [0, 0.1) is 0 Å². The Hall–Kier alpha value is -2.25. The number of carbonyl (C=O) groups excluding carboxylic acids is 1. The van der Waals surface area contributed by atoms with Gasteiger partial charge in [-0.3, -0.25) is 9.78 Å². The van der Waals surface area contributed by atoms with E-state index in [1.165, 1.54) is 0 Å². The molecule has 2 aromatic heterocycles. The maximum atomic E-state index is 12.5. The molecule has 1 fully saturated rings. The highest BCUT2D eigenvalue weighted by Crippen LogP contribution is 2.24. The van der Waals surface area contributed by atoms with Crippen LogP contribution in [-0.4, -0.2) is 58.5 Å². The Morgan fingerprint density at radius 2 is 2.27 bits per heavy atom. The van der Waals surface area contributed by atoms with Gasteiger partial charge in [0.25, 0.3) is 5.91 Å². The Labute approximate surface area is 127 Å². The minimum Gasteiger partial charge on any atom is -0.394 e. The Balaban J connectivity index is 1.80. The van der Waals surface area contributed by atoms with E-state index in [9.17, 15) is 9.90 Å². The van der Waals surface area contributed by atoms with Crippen molar-refractivity contribution in [1.82, 2.24) is 15.0 Å². The van der Waals surface area contributed by atoms with Gasteiger partial charge in [0, 0.05) is 37.7 Å². The Morgan fingerprint density at radius 3 is 2.95 bits per heavy atom. The standard InChI is InChI=1S/C15H17N3O4/c1-21-12-6-11(9-19)18(8-12)15(20)13-7-14(22-17-13)10-2-4-16-5-3-10/h2-5,7,11-12,19H,6,8-9H2,1H3/t11-,12+/m0/s1. The maximum Gasteiger partial charge on any atom is 0.276 e. The van der Waals surface area contributed by atoms with Gasteiger partial charge in [0.05, 0.1) is 18.8 Å². The van der Waals surface area contributed by atoms with Crippen LogP contribution in [0.4, 0.5) is 0 Å². The number of hydrogen-bond acceptors (Lipinski definition) is 6. The van der Waals surface area contributed by atoms with Crippen LogP contribution in [0.25, 0.3) is 11.3 Å². The van der Waals surface area contributed by atoms with Gasteiger partial charge < -0.3 is 19.3 Å². The van der Waals surface area contributed by atoms with Crippen LogP contribution in [0.3, 0.4) is 0 Å². The largest absolute Gasteiger partial charge is 0.394 e. The summed E-state index contributed by atoms with van der Waals surface area (Å²) in [6.07, 6.45) is 3.84. The first-order chi connectivity index (χ1) is 10.7. The third-order valence-corrected chi connectivity index (χ3v) is 3.88. The zero-order chi connectivity index (χ0) is 15.5. The molecule has 7 heteroatoms. The molecule has 0 bridgehead atoms. The molecule has 1 aliphatic rings. The van der Waals surface area contributed by atoms with Crippen LogP contribution in [-0.2, 0) is 4.74 Å². The number of aliphatic hydroxyl groups is 1. The monoisotopic (exact) mass is 303 g/mol. The lowest BCUT2D eigenvalue weighted by atomic mass is 10.2. The van der Waals surface area contributed by atoms with Gasteiger partial charge in [-0.15, -0.1) is 0 Å².